The summed E-state index contributed by atoms with van der Waals surface area (Å²) in [4.78, 5) is 12.5. The first-order valence-corrected chi connectivity index (χ1v) is 10.9. The van der Waals surface area contributed by atoms with E-state index >= 15 is 0 Å². The van der Waals surface area contributed by atoms with Crippen LogP contribution in [0, 0.1) is 12.8 Å². The lowest BCUT2D eigenvalue weighted by Gasteiger charge is -2.26. The van der Waals surface area contributed by atoms with Gasteiger partial charge < -0.3 is 10.1 Å². The second kappa shape index (κ2) is 8.50. The van der Waals surface area contributed by atoms with Crippen molar-refractivity contribution < 1.29 is 17.9 Å². The summed E-state index contributed by atoms with van der Waals surface area (Å²) in [6.07, 6.45) is 6.39. The van der Waals surface area contributed by atoms with Crippen LogP contribution in [0.15, 0.2) is 23.1 Å². The van der Waals surface area contributed by atoms with Gasteiger partial charge in [0.15, 0.2) is 0 Å². The van der Waals surface area contributed by atoms with Crippen LogP contribution in [-0.2, 0) is 19.6 Å². The summed E-state index contributed by atoms with van der Waals surface area (Å²) in [5.41, 5.74) is 1.44. The molecule has 1 heterocycles. The van der Waals surface area contributed by atoms with Crippen LogP contribution in [0.4, 0.5) is 5.69 Å². The van der Waals surface area contributed by atoms with E-state index in [2.05, 4.69) is 5.32 Å². The molecular weight excluding hydrogens is 352 g/mol. The van der Waals surface area contributed by atoms with E-state index in [-0.39, 0.29) is 10.8 Å². The molecule has 1 aromatic rings. The number of benzene rings is 1. The summed E-state index contributed by atoms with van der Waals surface area (Å²) in [5.74, 6) is 0.621. The normalized spacial score (nSPS) is 19.6. The maximum absolute atomic E-state index is 12.8. The Labute approximate surface area is 156 Å². The van der Waals surface area contributed by atoms with Crippen molar-refractivity contribution in [3.05, 3.63) is 23.8 Å². The molecule has 1 aromatic carbocycles. The predicted octanol–water partition coefficient (Wildman–Crippen LogP) is 2.92. The Morgan fingerprint density at radius 1 is 1.23 bits per heavy atom. The number of nitrogens with zero attached hydrogens (tertiary/aromatic N) is 1. The fraction of sp³-hybridized carbons (Fsp3) is 0.632. The van der Waals surface area contributed by atoms with Crippen molar-refractivity contribution in [2.45, 2.75) is 50.3 Å². The molecule has 2 aliphatic rings. The van der Waals surface area contributed by atoms with Crippen LogP contribution in [0.3, 0.4) is 0 Å². The zero-order chi connectivity index (χ0) is 18.6. The molecule has 1 amide bonds. The number of sulfonamides is 1. The minimum atomic E-state index is -3.56. The van der Waals surface area contributed by atoms with Gasteiger partial charge in [0.25, 0.3) is 0 Å². The average molecular weight is 381 g/mol. The van der Waals surface area contributed by atoms with Crippen molar-refractivity contribution in [2.75, 3.05) is 31.6 Å². The average Bonchev–Trinajstić information content (AvgIpc) is 3.16. The molecule has 26 heavy (non-hydrogen) atoms. The number of hydrogen-bond acceptors (Lipinski definition) is 4. The van der Waals surface area contributed by atoms with Gasteiger partial charge in [0.05, 0.1) is 18.1 Å². The molecular formula is C19H28N2O4S. The molecule has 1 saturated heterocycles. The van der Waals surface area contributed by atoms with Gasteiger partial charge in [-0.05, 0) is 37.0 Å². The molecule has 6 nitrogen and oxygen atoms in total. The van der Waals surface area contributed by atoms with Gasteiger partial charge >= 0.3 is 0 Å². The SMILES string of the molecule is Cc1ccc(S(=O)(=O)N2CCOCC2)cc1NC(=O)CCC1CCCC1. The van der Waals surface area contributed by atoms with Crippen LogP contribution < -0.4 is 5.32 Å². The number of carbonyl (C=O) groups excluding carboxylic acids is 1. The predicted molar refractivity (Wildman–Crippen MR) is 101 cm³/mol. The summed E-state index contributed by atoms with van der Waals surface area (Å²) < 4.78 is 32.3. The van der Waals surface area contributed by atoms with E-state index in [1.807, 2.05) is 6.92 Å². The summed E-state index contributed by atoms with van der Waals surface area (Å²) in [7, 11) is -3.56. The van der Waals surface area contributed by atoms with Crippen molar-refractivity contribution >= 4 is 21.6 Å². The van der Waals surface area contributed by atoms with E-state index in [0.29, 0.717) is 44.3 Å². The first-order chi connectivity index (χ1) is 12.5. The zero-order valence-electron chi connectivity index (χ0n) is 15.4. The first kappa shape index (κ1) is 19.3. The molecule has 1 aliphatic carbocycles. The summed E-state index contributed by atoms with van der Waals surface area (Å²) in [6, 6.07) is 4.93. The van der Waals surface area contributed by atoms with Gasteiger partial charge in [-0.3, -0.25) is 4.79 Å². The third-order valence-electron chi connectivity index (χ3n) is 5.35. The van der Waals surface area contributed by atoms with E-state index in [0.717, 1.165) is 12.0 Å². The second-order valence-electron chi connectivity index (χ2n) is 7.23. The summed E-state index contributed by atoms with van der Waals surface area (Å²) >= 11 is 0. The molecule has 0 spiro atoms. The fourth-order valence-electron chi connectivity index (χ4n) is 3.68. The zero-order valence-corrected chi connectivity index (χ0v) is 16.2. The molecule has 0 radical (unpaired) electrons. The molecule has 7 heteroatoms. The second-order valence-corrected chi connectivity index (χ2v) is 9.17. The Morgan fingerprint density at radius 3 is 2.62 bits per heavy atom. The Hall–Kier alpha value is -1.44. The Bertz CT molecular complexity index is 736. The number of nitrogens with one attached hydrogen (secondary N) is 1. The van der Waals surface area contributed by atoms with Crippen LogP contribution in [0.1, 0.15) is 44.1 Å². The van der Waals surface area contributed by atoms with Gasteiger partial charge in [0, 0.05) is 25.2 Å². The molecule has 0 bridgehead atoms. The highest BCUT2D eigenvalue weighted by molar-refractivity contribution is 7.89. The number of morpholine rings is 1. The lowest BCUT2D eigenvalue weighted by molar-refractivity contribution is -0.116. The fourth-order valence-corrected chi connectivity index (χ4v) is 5.11. The Kier molecular flexibility index (Phi) is 6.32. The van der Waals surface area contributed by atoms with Gasteiger partial charge in [-0.2, -0.15) is 4.31 Å². The van der Waals surface area contributed by atoms with Crippen molar-refractivity contribution in [3.8, 4) is 0 Å². The van der Waals surface area contributed by atoms with Crippen molar-refractivity contribution in [1.82, 2.24) is 4.31 Å². The number of ether oxygens (including phenoxy) is 1. The van der Waals surface area contributed by atoms with E-state index in [1.54, 1.807) is 18.2 Å². The molecule has 1 N–H and O–H groups in total. The minimum Gasteiger partial charge on any atom is -0.379 e. The number of aryl methyl sites for hydroxylation is 1. The van der Waals surface area contributed by atoms with Gasteiger partial charge in [-0.25, -0.2) is 8.42 Å². The first-order valence-electron chi connectivity index (χ1n) is 9.45. The van der Waals surface area contributed by atoms with E-state index in [4.69, 9.17) is 4.74 Å². The molecule has 0 aromatic heterocycles. The van der Waals surface area contributed by atoms with Crippen LogP contribution >= 0.6 is 0 Å². The van der Waals surface area contributed by atoms with Crippen molar-refractivity contribution in [2.24, 2.45) is 5.92 Å². The van der Waals surface area contributed by atoms with Crippen LogP contribution in [0.25, 0.3) is 0 Å². The summed E-state index contributed by atoms with van der Waals surface area (Å²) in [5, 5.41) is 2.90. The highest BCUT2D eigenvalue weighted by atomic mass is 32.2. The van der Waals surface area contributed by atoms with Crippen LogP contribution in [0.2, 0.25) is 0 Å². The molecule has 0 unspecified atom stereocenters. The topological polar surface area (TPSA) is 75.7 Å². The van der Waals surface area contributed by atoms with E-state index < -0.39 is 10.0 Å². The van der Waals surface area contributed by atoms with Crippen molar-refractivity contribution in [1.29, 1.82) is 0 Å². The van der Waals surface area contributed by atoms with Gasteiger partial charge in [-0.1, -0.05) is 31.7 Å². The van der Waals surface area contributed by atoms with Gasteiger partial charge in [-0.15, -0.1) is 0 Å². The van der Waals surface area contributed by atoms with Gasteiger partial charge in [0.2, 0.25) is 15.9 Å². The van der Waals surface area contributed by atoms with Gasteiger partial charge in [0.1, 0.15) is 0 Å². The van der Waals surface area contributed by atoms with Crippen molar-refractivity contribution in [3.63, 3.8) is 0 Å². The minimum absolute atomic E-state index is 0.0408. The molecule has 0 atom stereocenters. The Morgan fingerprint density at radius 2 is 1.92 bits per heavy atom. The quantitative estimate of drug-likeness (QED) is 0.823. The summed E-state index contributed by atoms with van der Waals surface area (Å²) in [6.45, 7) is 3.42. The molecule has 3 rings (SSSR count). The maximum atomic E-state index is 12.8. The molecule has 2 fully saturated rings. The van der Waals surface area contributed by atoms with E-state index in [1.165, 1.54) is 30.0 Å². The Balaban J connectivity index is 1.67. The maximum Gasteiger partial charge on any atom is 0.243 e. The molecule has 1 aliphatic heterocycles. The number of carbonyl (C=O) groups is 1. The molecule has 144 valence electrons. The number of amides is 1. The highest BCUT2D eigenvalue weighted by Gasteiger charge is 2.27. The highest BCUT2D eigenvalue weighted by Crippen LogP contribution is 2.29. The van der Waals surface area contributed by atoms with Crippen LogP contribution in [0.5, 0.6) is 0 Å². The molecule has 1 saturated carbocycles. The lowest BCUT2D eigenvalue weighted by atomic mass is 10.0. The largest absolute Gasteiger partial charge is 0.379 e. The number of anilines is 1. The standard InChI is InChI=1S/C19H28N2O4S/c1-15-6-8-17(26(23,24)21-10-12-25-13-11-21)14-18(15)20-19(22)9-7-16-4-2-3-5-16/h6,8,14,16H,2-5,7,9-13H2,1H3,(H,20,22). The van der Waals surface area contributed by atoms with E-state index in [9.17, 15) is 13.2 Å². The lowest BCUT2D eigenvalue weighted by Crippen LogP contribution is -2.40. The number of hydrogen-bond donors (Lipinski definition) is 1. The number of rotatable bonds is 6. The third-order valence-corrected chi connectivity index (χ3v) is 7.24. The smallest absolute Gasteiger partial charge is 0.243 e. The monoisotopic (exact) mass is 380 g/mol. The van der Waals surface area contributed by atoms with Crippen LogP contribution in [-0.4, -0.2) is 44.9 Å². The third kappa shape index (κ3) is 4.64.